The molecule has 0 aliphatic heterocycles. The molecule has 0 bridgehead atoms. The fourth-order valence-electron chi connectivity index (χ4n) is 2.29. The maximum Gasteiger partial charge on any atom is 0.407 e. The molecule has 0 heterocycles. The molecule has 2 N–H and O–H groups in total. The zero-order chi connectivity index (χ0) is 15.4. The van der Waals surface area contributed by atoms with Crippen molar-refractivity contribution >= 4 is 6.09 Å². The van der Waals surface area contributed by atoms with Gasteiger partial charge in [-0.1, -0.05) is 13.8 Å². The molecule has 0 aromatic rings. The van der Waals surface area contributed by atoms with Gasteiger partial charge in [-0.3, -0.25) is 0 Å². The molecule has 118 valence electrons. The van der Waals surface area contributed by atoms with Gasteiger partial charge in [0.25, 0.3) is 0 Å². The first-order valence-corrected chi connectivity index (χ1v) is 7.84. The van der Waals surface area contributed by atoms with Crippen LogP contribution in [0.1, 0.15) is 60.8 Å². The molecular formula is C16H32N2O2. The molecule has 20 heavy (non-hydrogen) atoms. The Morgan fingerprint density at radius 2 is 1.85 bits per heavy atom. The van der Waals surface area contributed by atoms with Gasteiger partial charge in [0.05, 0.1) is 0 Å². The molecule has 0 aromatic heterocycles. The van der Waals surface area contributed by atoms with E-state index in [0.29, 0.717) is 18.4 Å². The van der Waals surface area contributed by atoms with Crippen molar-refractivity contribution in [3.05, 3.63) is 0 Å². The number of rotatable bonds is 7. The molecule has 1 aliphatic rings. The summed E-state index contributed by atoms with van der Waals surface area (Å²) in [6, 6.07) is 0. The number of carbonyl (C=O) groups excluding carboxylic acids is 1. The summed E-state index contributed by atoms with van der Waals surface area (Å²) < 4.78 is 5.30. The van der Waals surface area contributed by atoms with Crippen molar-refractivity contribution in [3.8, 4) is 0 Å². The molecule has 1 atom stereocenters. The zero-order valence-corrected chi connectivity index (χ0v) is 14.0. The van der Waals surface area contributed by atoms with Crippen LogP contribution in [0.2, 0.25) is 0 Å². The maximum absolute atomic E-state index is 11.8. The Morgan fingerprint density at radius 3 is 2.30 bits per heavy atom. The predicted octanol–water partition coefficient (Wildman–Crippen LogP) is 3.32. The van der Waals surface area contributed by atoms with Gasteiger partial charge in [0.1, 0.15) is 5.60 Å². The molecule has 1 saturated carbocycles. The molecule has 4 nitrogen and oxygen atoms in total. The van der Waals surface area contributed by atoms with Crippen LogP contribution in [0.5, 0.6) is 0 Å². The van der Waals surface area contributed by atoms with Gasteiger partial charge in [0.15, 0.2) is 0 Å². The highest BCUT2D eigenvalue weighted by Gasteiger charge is 2.41. The van der Waals surface area contributed by atoms with Crippen molar-refractivity contribution in [1.82, 2.24) is 10.6 Å². The quantitative estimate of drug-likeness (QED) is 0.754. The van der Waals surface area contributed by atoms with Gasteiger partial charge >= 0.3 is 6.09 Å². The molecule has 0 radical (unpaired) electrons. The van der Waals surface area contributed by atoms with Crippen LogP contribution in [-0.2, 0) is 4.74 Å². The predicted molar refractivity (Wildman–Crippen MR) is 82.8 cm³/mol. The molecule has 1 aliphatic carbocycles. The van der Waals surface area contributed by atoms with Crippen molar-refractivity contribution in [2.75, 3.05) is 13.1 Å². The highest BCUT2D eigenvalue weighted by Crippen LogP contribution is 2.39. The Hall–Kier alpha value is -0.770. The van der Waals surface area contributed by atoms with Crippen LogP contribution in [-0.4, -0.2) is 30.3 Å². The smallest absolute Gasteiger partial charge is 0.407 e. The summed E-state index contributed by atoms with van der Waals surface area (Å²) in [5, 5.41) is 6.55. The van der Waals surface area contributed by atoms with Crippen molar-refractivity contribution in [3.63, 3.8) is 0 Å². The monoisotopic (exact) mass is 284 g/mol. The molecule has 1 amide bonds. The van der Waals surface area contributed by atoms with Crippen molar-refractivity contribution in [1.29, 1.82) is 0 Å². The van der Waals surface area contributed by atoms with E-state index in [1.54, 1.807) is 0 Å². The molecule has 1 rings (SSSR count). The Morgan fingerprint density at radius 1 is 1.25 bits per heavy atom. The first kappa shape index (κ1) is 17.3. The van der Waals surface area contributed by atoms with Crippen LogP contribution in [0.4, 0.5) is 4.79 Å². The third-order valence-electron chi connectivity index (χ3n) is 3.73. The Balaban J connectivity index is 2.40. The molecule has 1 fully saturated rings. The van der Waals surface area contributed by atoms with Crippen LogP contribution in [0, 0.1) is 11.8 Å². The second-order valence-corrected chi connectivity index (χ2v) is 7.66. The Kier molecular flexibility index (Phi) is 5.87. The molecule has 0 aromatic carbocycles. The van der Waals surface area contributed by atoms with Gasteiger partial charge < -0.3 is 15.4 Å². The van der Waals surface area contributed by atoms with E-state index in [0.717, 1.165) is 13.0 Å². The normalized spacial score (nSPS) is 18.8. The van der Waals surface area contributed by atoms with Crippen molar-refractivity contribution < 1.29 is 9.53 Å². The van der Waals surface area contributed by atoms with Crippen LogP contribution < -0.4 is 10.6 Å². The largest absolute Gasteiger partial charge is 0.444 e. The minimum Gasteiger partial charge on any atom is -0.444 e. The second-order valence-electron chi connectivity index (χ2n) is 7.66. The first-order valence-electron chi connectivity index (χ1n) is 7.84. The van der Waals surface area contributed by atoms with E-state index in [-0.39, 0.29) is 11.6 Å². The maximum atomic E-state index is 11.8. The molecule has 4 heteroatoms. The van der Waals surface area contributed by atoms with Crippen molar-refractivity contribution in [2.24, 2.45) is 11.8 Å². The highest BCUT2D eigenvalue weighted by molar-refractivity contribution is 5.67. The van der Waals surface area contributed by atoms with E-state index in [4.69, 9.17) is 4.74 Å². The first-order chi connectivity index (χ1) is 9.12. The fraction of sp³-hybridized carbons (Fsp3) is 0.938. The summed E-state index contributed by atoms with van der Waals surface area (Å²) in [6.07, 6.45) is 3.34. The van der Waals surface area contributed by atoms with Gasteiger partial charge in [0, 0.05) is 12.1 Å². The Bertz CT molecular complexity index is 319. The second kappa shape index (κ2) is 6.79. The van der Waals surface area contributed by atoms with Gasteiger partial charge in [-0.05, 0) is 65.3 Å². The van der Waals surface area contributed by atoms with E-state index < -0.39 is 5.60 Å². The van der Waals surface area contributed by atoms with Crippen LogP contribution in [0.15, 0.2) is 0 Å². The lowest BCUT2D eigenvalue weighted by Crippen LogP contribution is -2.54. The lowest BCUT2D eigenvalue weighted by Gasteiger charge is -2.32. The molecule has 0 saturated heterocycles. The number of alkyl carbamates (subject to hydrolysis) is 1. The average Bonchev–Trinajstić information content (AvgIpc) is 3.07. The third-order valence-corrected chi connectivity index (χ3v) is 3.73. The van der Waals surface area contributed by atoms with Crippen LogP contribution >= 0.6 is 0 Å². The van der Waals surface area contributed by atoms with Crippen LogP contribution in [0.3, 0.4) is 0 Å². The molecular weight excluding hydrogens is 252 g/mol. The number of nitrogens with one attached hydrogen (secondary N) is 2. The average molecular weight is 284 g/mol. The fourth-order valence-corrected chi connectivity index (χ4v) is 2.29. The minimum atomic E-state index is -0.439. The zero-order valence-electron chi connectivity index (χ0n) is 14.0. The van der Waals surface area contributed by atoms with Gasteiger partial charge in [-0.15, -0.1) is 0 Å². The lowest BCUT2D eigenvalue weighted by atomic mass is 9.95. The van der Waals surface area contributed by atoms with Gasteiger partial charge in [-0.25, -0.2) is 4.79 Å². The van der Waals surface area contributed by atoms with Crippen LogP contribution in [0.25, 0.3) is 0 Å². The summed E-state index contributed by atoms with van der Waals surface area (Å²) in [5.74, 6) is 1.37. The van der Waals surface area contributed by atoms with E-state index >= 15 is 0 Å². The SMILES string of the molecule is CC(C)CCNC(C)(CNC(=O)OC(C)(C)C)C1CC1. The summed E-state index contributed by atoms with van der Waals surface area (Å²) in [5.41, 5.74) is -0.447. The highest BCUT2D eigenvalue weighted by atomic mass is 16.6. The Labute approximate surface area is 124 Å². The van der Waals surface area contributed by atoms with E-state index in [1.165, 1.54) is 12.8 Å². The molecule has 0 spiro atoms. The standard InChI is InChI=1S/C16H32N2O2/c1-12(2)9-10-18-16(6,13-7-8-13)11-17-14(19)20-15(3,4)5/h12-13,18H,7-11H2,1-6H3,(H,17,19). The van der Waals surface area contributed by atoms with E-state index in [1.807, 2.05) is 20.8 Å². The van der Waals surface area contributed by atoms with E-state index in [9.17, 15) is 4.79 Å². The number of hydrogen-bond donors (Lipinski definition) is 2. The van der Waals surface area contributed by atoms with Crippen molar-refractivity contribution in [2.45, 2.75) is 71.9 Å². The number of amides is 1. The third kappa shape index (κ3) is 6.60. The topological polar surface area (TPSA) is 50.4 Å². The summed E-state index contributed by atoms with van der Waals surface area (Å²) in [4.78, 5) is 11.8. The summed E-state index contributed by atoms with van der Waals surface area (Å²) in [6.45, 7) is 14.0. The van der Waals surface area contributed by atoms with E-state index in [2.05, 4.69) is 31.4 Å². The minimum absolute atomic E-state index is 0.00814. The lowest BCUT2D eigenvalue weighted by molar-refractivity contribution is 0.0507. The summed E-state index contributed by atoms with van der Waals surface area (Å²) in [7, 11) is 0. The van der Waals surface area contributed by atoms with Gasteiger partial charge in [-0.2, -0.15) is 0 Å². The number of ether oxygens (including phenoxy) is 1. The number of carbonyl (C=O) groups is 1. The number of hydrogen-bond acceptors (Lipinski definition) is 3. The summed E-state index contributed by atoms with van der Waals surface area (Å²) >= 11 is 0. The molecule has 1 unspecified atom stereocenters. The van der Waals surface area contributed by atoms with Gasteiger partial charge in [0.2, 0.25) is 0 Å².